The van der Waals surface area contributed by atoms with Gasteiger partial charge in [-0.05, 0) is 12.8 Å². The van der Waals surface area contributed by atoms with Crippen molar-refractivity contribution in [3.8, 4) is 0 Å². The summed E-state index contributed by atoms with van der Waals surface area (Å²) < 4.78 is 0. The van der Waals surface area contributed by atoms with Gasteiger partial charge in [-0.25, -0.2) is 0 Å². The Morgan fingerprint density at radius 1 is 0.833 bits per heavy atom. The van der Waals surface area contributed by atoms with Crippen LogP contribution < -0.4 is 0 Å². The molecule has 0 fully saturated rings. The first kappa shape index (κ1) is 17.7. The highest BCUT2D eigenvalue weighted by atomic mass is 16.3. The molecule has 0 aliphatic carbocycles. The van der Waals surface area contributed by atoms with Crippen LogP contribution in [0.5, 0.6) is 0 Å². The van der Waals surface area contributed by atoms with Crippen molar-refractivity contribution < 1.29 is 5.11 Å². The van der Waals surface area contributed by atoms with Gasteiger partial charge in [0.25, 0.3) is 0 Å². The van der Waals surface area contributed by atoms with Gasteiger partial charge in [-0.2, -0.15) is 0 Å². The summed E-state index contributed by atoms with van der Waals surface area (Å²) in [7, 11) is 0. The van der Waals surface area contributed by atoms with Gasteiger partial charge in [0.15, 0.2) is 0 Å². The van der Waals surface area contributed by atoms with Crippen molar-refractivity contribution in [3.05, 3.63) is 12.7 Å². The van der Waals surface area contributed by atoms with E-state index < -0.39 is 0 Å². The zero-order valence-corrected chi connectivity index (χ0v) is 12.5. The van der Waals surface area contributed by atoms with Gasteiger partial charge in [-0.15, -0.1) is 6.58 Å². The Kier molecular flexibility index (Phi) is 14.5. The fourth-order valence-electron chi connectivity index (χ4n) is 2.35. The van der Waals surface area contributed by atoms with Gasteiger partial charge >= 0.3 is 0 Å². The van der Waals surface area contributed by atoms with Crippen LogP contribution in [0.25, 0.3) is 0 Å². The second-order valence-corrected chi connectivity index (χ2v) is 5.50. The SMILES string of the molecule is C=CC[C@H](O)CCCCCCCCCCCCC. The molecule has 0 bridgehead atoms. The Hall–Kier alpha value is -0.300. The molecule has 0 radical (unpaired) electrons. The molecule has 1 N–H and O–H groups in total. The number of rotatable bonds is 14. The molecule has 18 heavy (non-hydrogen) atoms. The van der Waals surface area contributed by atoms with Gasteiger partial charge in [-0.1, -0.05) is 83.6 Å². The predicted molar refractivity (Wildman–Crippen MR) is 81.9 cm³/mol. The van der Waals surface area contributed by atoms with Gasteiger partial charge in [0.05, 0.1) is 6.10 Å². The maximum Gasteiger partial charge on any atom is 0.0574 e. The van der Waals surface area contributed by atoms with Crippen LogP contribution in [-0.2, 0) is 0 Å². The van der Waals surface area contributed by atoms with Crippen LogP contribution in [0, 0.1) is 0 Å². The summed E-state index contributed by atoms with van der Waals surface area (Å²) in [6.45, 7) is 5.92. The third kappa shape index (κ3) is 13.8. The van der Waals surface area contributed by atoms with Gasteiger partial charge in [0, 0.05) is 0 Å². The van der Waals surface area contributed by atoms with E-state index >= 15 is 0 Å². The molecule has 1 nitrogen and oxygen atoms in total. The van der Waals surface area contributed by atoms with Crippen LogP contribution in [0.15, 0.2) is 12.7 Å². The lowest BCUT2D eigenvalue weighted by atomic mass is 10.0. The molecule has 0 aromatic carbocycles. The van der Waals surface area contributed by atoms with Crippen molar-refractivity contribution in [1.29, 1.82) is 0 Å². The summed E-state index contributed by atoms with van der Waals surface area (Å²) >= 11 is 0. The standard InChI is InChI=1S/C17H34O/c1-3-5-6-7-8-9-10-11-12-13-14-16-17(18)15-4-2/h4,17-18H,2-3,5-16H2,1H3/t17-/m0/s1. The van der Waals surface area contributed by atoms with E-state index in [2.05, 4.69) is 13.5 Å². The minimum atomic E-state index is -0.152. The highest BCUT2D eigenvalue weighted by Gasteiger charge is 2.00. The molecule has 0 unspecified atom stereocenters. The smallest absolute Gasteiger partial charge is 0.0574 e. The molecule has 1 atom stereocenters. The summed E-state index contributed by atoms with van der Waals surface area (Å²) in [6, 6.07) is 0. The van der Waals surface area contributed by atoms with Crippen LogP contribution in [0.2, 0.25) is 0 Å². The van der Waals surface area contributed by atoms with Crippen LogP contribution >= 0.6 is 0 Å². The van der Waals surface area contributed by atoms with E-state index in [-0.39, 0.29) is 6.10 Å². The normalized spacial score (nSPS) is 12.6. The molecule has 1 heteroatoms. The van der Waals surface area contributed by atoms with Gasteiger partial charge < -0.3 is 5.11 Å². The molecule has 0 amide bonds. The highest BCUT2D eigenvalue weighted by Crippen LogP contribution is 2.13. The lowest BCUT2D eigenvalue weighted by Crippen LogP contribution is -2.03. The maximum atomic E-state index is 9.52. The summed E-state index contributed by atoms with van der Waals surface area (Å²) in [5.41, 5.74) is 0. The topological polar surface area (TPSA) is 20.2 Å². The first-order valence-corrected chi connectivity index (χ1v) is 8.10. The lowest BCUT2D eigenvalue weighted by molar-refractivity contribution is 0.164. The Morgan fingerprint density at radius 2 is 1.28 bits per heavy atom. The van der Waals surface area contributed by atoms with E-state index in [0.29, 0.717) is 0 Å². The molecule has 0 aromatic rings. The average molecular weight is 254 g/mol. The van der Waals surface area contributed by atoms with E-state index in [9.17, 15) is 5.11 Å². The van der Waals surface area contributed by atoms with E-state index in [0.717, 1.165) is 12.8 Å². The molecule has 108 valence electrons. The molecule has 0 aromatic heterocycles. The van der Waals surface area contributed by atoms with Crippen LogP contribution in [0.1, 0.15) is 90.4 Å². The second kappa shape index (κ2) is 14.8. The summed E-state index contributed by atoms with van der Waals surface area (Å²) in [5.74, 6) is 0. The third-order valence-electron chi connectivity index (χ3n) is 3.58. The summed E-state index contributed by atoms with van der Waals surface area (Å²) in [6.07, 6.45) is 18.4. The number of unbranched alkanes of at least 4 members (excludes halogenated alkanes) is 10. The van der Waals surface area contributed by atoms with E-state index in [4.69, 9.17) is 0 Å². The molecule has 0 rings (SSSR count). The quantitative estimate of drug-likeness (QED) is 0.315. The largest absolute Gasteiger partial charge is 0.393 e. The van der Waals surface area contributed by atoms with Gasteiger partial charge in [0.2, 0.25) is 0 Å². The van der Waals surface area contributed by atoms with E-state index in [1.807, 2.05) is 6.08 Å². The van der Waals surface area contributed by atoms with E-state index in [1.165, 1.54) is 70.6 Å². The average Bonchev–Trinajstić information content (AvgIpc) is 2.36. The molecular formula is C17H34O. The molecule has 0 aliphatic rings. The Balaban J connectivity index is 3.00. The van der Waals surface area contributed by atoms with Crippen molar-refractivity contribution >= 4 is 0 Å². The summed E-state index contributed by atoms with van der Waals surface area (Å²) in [5, 5.41) is 9.52. The minimum Gasteiger partial charge on any atom is -0.393 e. The molecule has 0 saturated heterocycles. The number of aliphatic hydroxyl groups is 1. The molecule has 0 spiro atoms. The zero-order chi connectivity index (χ0) is 13.5. The zero-order valence-electron chi connectivity index (χ0n) is 12.5. The monoisotopic (exact) mass is 254 g/mol. The maximum absolute atomic E-state index is 9.52. The fraction of sp³-hybridized carbons (Fsp3) is 0.882. The lowest BCUT2D eigenvalue weighted by Gasteiger charge is -2.07. The summed E-state index contributed by atoms with van der Waals surface area (Å²) in [4.78, 5) is 0. The molecule has 0 saturated carbocycles. The van der Waals surface area contributed by atoms with Crippen molar-refractivity contribution in [2.75, 3.05) is 0 Å². The predicted octanol–water partition coefficient (Wildman–Crippen LogP) is 5.62. The second-order valence-electron chi connectivity index (χ2n) is 5.50. The van der Waals surface area contributed by atoms with Crippen molar-refractivity contribution in [3.63, 3.8) is 0 Å². The third-order valence-corrected chi connectivity index (χ3v) is 3.58. The Labute approximate surface area is 115 Å². The number of aliphatic hydroxyl groups excluding tert-OH is 1. The first-order chi connectivity index (χ1) is 8.81. The number of hydrogen-bond acceptors (Lipinski definition) is 1. The van der Waals surface area contributed by atoms with Crippen molar-refractivity contribution in [2.24, 2.45) is 0 Å². The van der Waals surface area contributed by atoms with Gasteiger partial charge in [-0.3, -0.25) is 0 Å². The van der Waals surface area contributed by atoms with Crippen LogP contribution in [0.4, 0.5) is 0 Å². The van der Waals surface area contributed by atoms with Crippen molar-refractivity contribution in [1.82, 2.24) is 0 Å². The van der Waals surface area contributed by atoms with E-state index in [1.54, 1.807) is 0 Å². The Bertz CT molecular complexity index is 165. The number of hydrogen-bond donors (Lipinski definition) is 1. The van der Waals surface area contributed by atoms with Crippen molar-refractivity contribution in [2.45, 2.75) is 96.5 Å². The first-order valence-electron chi connectivity index (χ1n) is 8.10. The minimum absolute atomic E-state index is 0.152. The molecule has 0 aliphatic heterocycles. The highest BCUT2D eigenvalue weighted by molar-refractivity contribution is 4.71. The molecular weight excluding hydrogens is 220 g/mol. The van der Waals surface area contributed by atoms with Crippen LogP contribution in [0.3, 0.4) is 0 Å². The fourth-order valence-corrected chi connectivity index (χ4v) is 2.35. The van der Waals surface area contributed by atoms with Crippen LogP contribution in [-0.4, -0.2) is 11.2 Å². The van der Waals surface area contributed by atoms with Gasteiger partial charge in [0.1, 0.15) is 0 Å². The molecule has 0 heterocycles. The Morgan fingerprint density at radius 3 is 1.72 bits per heavy atom.